The van der Waals surface area contributed by atoms with Gasteiger partial charge in [-0.25, -0.2) is 9.78 Å². The van der Waals surface area contributed by atoms with E-state index in [9.17, 15) is 9.59 Å². The Morgan fingerprint density at radius 1 is 1.29 bits per heavy atom. The van der Waals surface area contributed by atoms with Gasteiger partial charge in [0.05, 0.1) is 12.3 Å². The third-order valence-electron chi connectivity index (χ3n) is 3.50. The van der Waals surface area contributed by atoms with E-state index in [-0.39, 0.29) is 12.5 Å². The molecule has 124 valence electrons. The van der Waals surface area contributed by atoms with Gasteiger partial charge in [0.2, 0.25) is 5.91 Å². The molecule has 0 radical (unpaired) electrons. The number of rotatable bonds is 5. The van der Waals surface area contributed by atoms with Crippen molar-refractivity contribution in [3.8, 4) is 0 Å². The summed E-state index contributed by atoms with van der Waals surface area (Å²) in [6.07, 6.45) is 1.88. The number of carbonyl (C=O) groups is 2. The van der Waals surface area contributed by atoms with Gasteiger partial charge in [-0.3, -0.25) is 4.79 Å². The van der Waals surface area contributed by atoms with E-state index in [1.54, 1.807) is 13.8 Å². The van der Waals surface area contributed by atoms with Gasteiger partial charge in [0.15, 0.2) is 5.13 Å². The smallest absolute Gasteiger partial charge is 0.350 e. The molecule has 3 rings (SSSR count). The number of aryl methyl sites for hydroxylation is 1. The SMILES string of the molecule is CCOC(=O)c1sc(NC(=O)Cn2ccc3ccccc32)nc1C. The Balaban J connectivity index is 1.71. The maximum absolute atomic E-state index is 12.3. The molecule has 7 heteroatoms. The summed E-state index contributed by atoms with van der Waals surface area (Å²) in [5.41, 5.74) is 1.55. The van der Waals surface area contributed by atoms with Gasteiger partial charge in [-0.05, 0) is 31.4 Å². The molecular formula is C17H17N3O3S. The molecule has 0 aliphatic rings. The number of nitrogens with one attached hydrogen (secondary N) is 1. The van der Waals surface area contributed by atoms with Crippen molar-refractivity contribution in [3.63, 3.8) is 0 Å². The molecular weight excluding hydrogens is 326 g/mol. The zero-order valence-corrected chi connectivity index (χ0v) is 14.2. The molecule has 0 unspecified atom stereocenters. The highest BCUT2D eigenvalue weighted by Gasteiger charge is 2.17. The van der Waals surface area contributed by atoms with Crippen LogP contribution in [0.5, 0.6) is 0 Å². The van der Waals surface area contributed by atoms with E-state index in [2.05, 4.69) is 10.3 Å². The molecule has 2 aromatic heterocycles. The molecule has 0 aliphatic carbocycles. The Labute approximate surface area is 143 Å². The lowest BCUT2D eigenvalue weighted by Gasteiger charge is -2.05. The Bertz CT molecular complexity index is 898. The maximum Gasteiger partial charge on any atom is 0.350 e. The van der Waals surface area contributed by atoms with Crippen molar-refractivity contribution in [1.82, 2.24) is 9.55 Å². The van der Waals surface area contributed by atoms with Crippen molar-refractivity contribution >= 4 is 39.2 Å². The fourth-order valence-electron chi connectivity index (χ4n) is 2.43. The molecule has 2 heterocycles. The van der Waals surface area contributed by atoms with Crippen LogP contribution in [-0.4, -0.2) is 28.0 Å². The highest BCUT2D eigenvalue weighted by molar-refractivity contribution is 7.17. The predicted molar refractivity (Wildman–Crippen MR) is 93.4 cm³/mol. The summed E-state index contributed by atoms with van der Waals surface area (Å²) in [5.74, 6) is -0.607. The summed E-state index contributed by atoms with van der Waals surface area (Å²) in [7, 11) is 0. The summed E-state index contributed by atoms with van der Waals surface area (Å²) >= 11 is 1.13. The Hall–Kier alpha value is -2.67. The first-order valence-corrected chi connectivity index (χ1v) is 8.38. The molecule has 0 spiro atoms. The van der Waals surface area contributed by atoms with E-state index in [0.717, 1.165) is 22.2 Å². The minimum absolute atomic E-state index is 0.181. The first-order valence-electron chi connectivity index (χ1n) is 7.56. The van der Waals surface area contributed by atoms with E-state index in [0.29, 0.717) is 22.3 Å². The zero-order chi connectivity index (χ0) is 17.1. The molecule has 24 heavy (non-hydrogen) atoms. The summed E-state index contributed by atoms with van der Waals surface area (Å²) in [5, 5.41) is 4.23. The third kappa shape index (κ3) is 3.30. The number of fused-ring (bicyclic) bond motifs is 1. The van der Waals surface area contributed by atoms with Gasteiger partial charge in [0.1, 0.15) is 11.4 Å². The summed E-state index contributed by atoms with van der Waals surface area (Å²) in [6.45, 7) is 3.95. The van der Waals surface area contributed by atoms with Crippen molar-refractivity contribution in [2.75, 3.05) is 11.9 Å². The Kier molecular flexibility index (Phi) is 4.61. The Morgan fingerprint density at radius 2 is 2.08 bits per heavy atom. The van der Waals surface area contributed by atoms with Gasteiger partial charge in [-0.1, -0.05) is 29.5 Å². The van der Waals surface area contributed by atoms with Crippen molar-refractivity contribution in [2.45, 2.75) is 20.4 Å². The standard InChI is InChI=1S/C17H17N3O3S/c1-3-23-16(22)15-11(2)18-17(24-15)19-14(21)10-20-9-8-12-6-4-5-7-13(12)20/h4-9H,3,10H2,1-2H3,(H,18,19,21). The van der Waals surface area contributed by atoms with E-state index >= 15 is 0 Å². The number of ether oxygens (including phenoxy) is 1. The monoisotopic (exact) mass is 343 g/mol. The van der Waals surface area contributed by atoms with Crippen LogP contribution in [0.15, 0.2) is 36.5 Å². The summed E-state index contributed by atoms with van der Waals surface area (Å²) in [4.78, 5) is 28.7. The molecule has 0 bridgehead atoms. The molecule has 1 aromatic carbocycles. The summed E-state index contributed by atoms with van der Waals surface area (Å²) < 4.78 is 6.85. The van der Waals surface area contributed by atoms with Crippen LogP contribution in [0.25, 0.3) is 10.9 Å². The highest BCUT2D eigenvalue weighted by Crippen LogP contribution is 2.23. The number of esters is 1. The van der Waals surface area contributed by atoms with Crippen LogP contribution in [0.2, 0.25) is 0 Å². The minimum atomic E-state index is -0.413. The van der Waals surface area contributed by atoms with Gasteiger partial charge >= 0.3 is 5.97 Å². The fraction of sp³-hybridized carbons (Fsp3) is 0.235. The van der Waals surface area contributed by atoms with Crippen molar-refractivity contribution in [1.29, 1.82) is 0 Å². The van der Waals surface area contributed by atoms with Crippen LogP contribution < -0.4 is 5.32 Å². The topological polar surface area (TPSA) is 73.2 Å². The molecule has 6 nitrogen and oxygen atoms in total. The number of para-hydroxylation sites is 1. The van der Waals surface area contributed by atoms with Gasteiger partial charge in [0, 0.05) is 11.7 Å². The second kappa shape index (κ2) is 6.84. The summed E-state index contributed by atoms with van der Waals surface area (Å²) in [6, 6.07) is 9.83. The second-order valence-electron chi connectivity index (χ2n) is 5.20. The molecule has 0 atom stereocenters. The lowest BCUT2D eigenvalue weighted by Crippen LogP contribution is -2.18. The number of aromatic nitrogens is 2. The van der Waals surface area contributed by atoms with Crippen LogP contribution in [0.4, 0.5) is 5.13 Å². The Morgan fingerprint density at radius 3 is 2.88 bits per heavy atom. The number of anilines is 1. The lowest BCUT2D eigenvalue weighted by atomic mass is 10.2. The average Bonchev–Trinajstić information content (AvgIpc) is 3.12. The first kappa shape index (κ1) is 16.2. The van der Waals surface area contributed by atoms with E-state index in [1.807, 2.05) is 41.1 Å². The molecule has 1 amide bonds. The van der Waals surface area contributed by atoms with Gasteiger partial charge in [0.25, 0.3) is 0 Å². The molecule has 0 saturated carbocycles. The van der Waals surface area contributed by atoms with Crippen molar-refractivity contribution < 1.29 is 14.3 Å². The van der Waals surface area contributed by atoms with Gasteiger partial charge < -0.3 is 14.6 Å². The molecule has 1 N–H and O–H groups in total. The van der Waals surface area contributed by atoms with Crippen LogP contribution in [0, 0.1) is 6.92 Å². The molecule has 0 fully saturated rings. The number of nitrogens with zero attached hydrogens (tertiary/aromatic N) is 2. The molecule has 3 aromatic rings. The number of hydrogen-bond acceptors (Lipinski definition) is 5. The normalized spacial score (nSPS) is 10.8. The van der Waals surface area contributed by atoms with Crippen LogP contribution in [-0.2, 0) is 16.1 Å². The number of thiazole rings is 1. The quantitative estimate of drug-likeness (QED) is 0.722. The van der Waals surface area contributed by atoms with Crippen LogP contribution in [0.1, 0.15) is 22.3 Å². The van der Waals surface area contributed by atoms with Gasteiger partial charge in [-0.15, -0.1) is 0 Å². The fourth-order valence-corrected chi connectivity index (χ4v) is 3.30. The number of benzene rings is 1. The highest BCUT2D eigenvalue weighted by atomic mass is 32.1. The molecule has 0 aliphatic heterocycles. The van der Waals surface area contributed by atoms with E-state index in [1.165, 1.54) is 0 Å². The van der Waals surface area contributed by atoms with E-state index < -0.39 is 5.97 Å². The minimum Gasteiger partial charge on any atom is -0.462 e. The lowest BCUT2D eigenvalue weighted by molar-refractivity contribution is -0.116. The van der Waals surface area contributed by atoms with Crippen LogP contribution in [0.3, 0.4) is 0 Å². The van der Waals surface area contributed by atoms with Gasteiger partial charge in [-0.2, -0.15) is 0 Å². The largest absolute Gasteiger partial charge is 0.462 e. The first-order chi connectivity index (χ1) is 11.6. The number of amides is 1. The van der Waals surface area contributed by atoms with E-state index in [4.69, 9.17) is 4.74 Å². The van der Waals surface area contributed by atoms with Crippen molar-refractivity contribution in [3.05, 3.63) is 47.1 Å². The zero-order valence-electron chi connectivity index (χ0n) is 13.4. The predicted octanol–water partition coefficient (Wildman–Crippen LogP) is 3.22. The maximum atomic E-state index is 12.3. The van der Waals surface area contributed by atoms with Crippen molar-refractivity contribution in [2.24, 2.45) is 0 Å². The molecule has 0 saturated heterocycles. The third-order valence-corrected chi connectivity index (χ3v) is 4.55. The second-order valence-corrected chi connectivity index (χ2v) is 6.20. The van der Waals surface area contributed by atoms with Crippen LogP contribution >= 0.6 is 11.3 Å². The number of hydrogen-bond donors (Lipinski definition) is 1. The number of carbonyl (C=O) groups excluding carboxylic acids is 2. The average molecular weight is 343 g/mol.